The van der Waals surface area contributed by atoms with E-state index in [2.05, 4.69) is 42.5 Å². The van der Waals surface area contributed by atoms with E-state index in [1.165, 1.54) is 39.8 Å². The summed E-state index contributed by atoms with van der Waals surface area (Å²) in [6, 6.07) is 2.55. The van der Waals surface area contributed by atoms with Crippen molar-refractivity contribution in [1.29, 1.82) is 0 Å². The number of benzene rings is 2. The number of aliphatic hydroxyl groups excluding tert-OH is 2. The Morgan fingerprint density at radius 2 is 1.21 bits per heavy atom. The largest absolute Gasteiger partial charge is 0.508 e. The first kappa shape index (κ1) is 61.6. The highest BCUT2D eigenvalue weighted by Gasteiger charge is 2.41. The lowest BCUT2D eigenvalue weighted by molar-refractivity contribution is -0.146. The number of nitrogens with one attached hydrogen (secondary N) is 8. The number of phenols is 1. The predicted molar refractivity (Wildman–Crippen MR) is 267 cm³/mol. The fourth-order valence-corrected chi connectivity index (χ4v) is 8.02. The zero-order valence-corrected chi connectivity index (χ0v) is 42.3. The van der Waals surface area contributed by atoms with Crippen LogP contribution in [0.15, 0.2) is 54.6 Å². The molecular formula is C49H71N11O15. The van der Waals surface area contributed by atoms with E-state index < -0.39 is 145 Å². The lowest BCUT2D eigenvalue weighted by atomic mass is 10.0. The number of hydrogen-bond donors (Lipinski definition) is 14. The number of aliphatic hydroxyl groups is 2. The predicted octanol–water partition coefficient (Wildman–Crippen LogP) is -4.18. The normalized spacial score (nSPS) is 16.3. The van der Waals surface area contributed by atoms with Gasteiger partial charge >= 0.3 is 5.97 Å². The van der Waals surface area contributed by atoms with E-state index in [1.807, 2.05) is 0 Å². The molecule has 0 bridgehead atoms. The van der Waals surface area contributed by atoms with Gasteiger partial charge in [-0.15, -0.1) is 0 Å². The number of phenolic OH excluding ortho intramolecular Hbond substituents is 1. The third kappa shape index (κ3) is 20.3. The van der Waals surface area contributed by atoms with Gasteiger partial charge in [-0.1, -0.05) is 56.3 Å². The Hall–Kier alpha value is -7.71. The summed E-state index contributed by atoms with van der Waals surface area (Å²) in [5, 5.41) is 59.7. The highest BCUT2D eigenvalue weighted by molar-refractivity contribution is 5.99. The molecule has 10 amide bonds. The fraction of sp³-hybridized carbons (Fsp3) is 0.531. The number of carbonyl (C=O) groups is 11. The van der Waals surface area contributed by atoms with Crippen LogP contribution in [0.1, 0.15) is 77.3 Å². The van der Waals surface area contributed by atoms with Crippen molar-refractivity contribution in [2.45, 2.75) is 134 Å². The highest BCUT2D eigenvalue weighted by atomic mass is 16.4. The Labute approximate surface area is 433 Å². The van der Waals surface area contributed by atoms with Crippen LogP contribution in [-0.4, -0.2) is 171 Å². The van der Waals surface area contributed by atoms with Gasteiger partial charge in [-0.3, -0.25) is 52.7 Å². The molecule has 2 aromatic rings. The second-order valence-electron chi connectivity index (χ2n) is 18.5. The highest BCUT2D eigenvalue weighted by Crippen LogP contribution is 2.21. The van der Waals surface area contributed by atoms with Gasteiger partial charge in [-0.25, -0.2) is 0 Å². The maximum atomic E-state index is 14.2. The molecule has 0 radical (unpaired) electrons. The molecule has 1 fully saturated rings. The van der Waals surface area contributed by atoms with E-state index in [0.717, 1.165) is 4.90 Å². The molecule has 26 nitrogen and oxygen atoms in total. The van der Waals surface area contributed by atoms with E-state index in [0.29, 0.717) is 24.0 Å². The van der Waals surface area contributed by atoms with Crippen LogP contribution < -0.4 is 54.0 Å². The molecule has 16 N–H and O–H groups in total. The zero-order valence-electron chi connectivity index (χ0n) is 42.3. The summed E-state index contributed by atoms with van der Waals surface area (Å²) in [6.45, 7) is 4.00. The Bertz CT molecular complexity index is 2320. The van der Waals surface area contributed by atoms with E-state index in [4.69, 9.17) is 11.5 Å². The second kappa shape index (κ2) is 30.5. The first-order valence-electron chi connectivity index (χ1n) is 24.4. The SMILES string of the molecule is CC(=O)N[C@@H](Cc1ccc(O)cc1)C(=O)N[C@@H](Cc1ccccc1)C(=O)N[C@@H](CO)C(=O)N[C@H](C(=O)N[C@@H](CC(=O)O)C(=O)N1CCC[C@H]1C(=O)N[C@@H](CCCCN)C(=O)N[C@H](C(=O)NCC(N)=O)[C@@H](C)O)C(C)C. The first-order chi connectivity index (χ1) is 35.4. The molecule has 1 aliphatic heterocycles. The lowest BCUT2D eigenvalue weighted by Gasteiger charge is -2.31. The molecule has 0 unspecified atom stereocenters. The van der Waals surface area contributed by atoms with Crippen LogP contribution in [-0.2, 0) is 65.6 Å². The summed E-state index contributed by atoms with van der Waals surface area (Å²) < 4.78 is 0. The van der Waals surface area contributed by atoms with Crippen LogP contribution in [0.25, 0.3) is 0 Å². The van der Waals surface area contributed by atoms with Gasteiger partial charge in [0.05, 0.1) is 25.7 Å². The minimum Gasteiger partial charge on any atom is -0.508 e. The topological polar surface area (TPSA) is 420 Å². The molecule has 1 aliphatic rings. The maximum Gasteiger partial charge on any atom is 0.305 e. The van der Waals surface area contributed by atoms with Crippen molar-refractivity contribution in [3.63, 3.8) is 0 Å². The van der Waals surface area contributed by atoms with Crippen LogP contribution in [0.4, 0.5) is 0 Å². The monoisotopic (exact) mass is 1050 g/mol. The standard InChI is InChI=1S/C49H71N11O15/c1-26(2)40(58-45(71)36(25-61)57-44(70)34(21-29-11-6-5-7-12-29)55-43(69)33(53-28(4)63)22-30-15-17-31(64)18-16-30)48(74)56-35(23-39(66)67)49(75)60-20-10-14-37(60)46(72)54-32(13-8-9-19-50)42(68)59-41(27(3)62)47(73)52-24-38(51)65/h5-7,11-12,15-18,26-27,32-37,40-41,61-62,64H,8-10,13-14,19-25,50H2,1-4H3,(H2,51,65)(H,52,73)(H,53,63)(H,54,72)(H,55,69)(H,56,74)(H,57,70)(H,58,71)(H,59,68)(H,66,67)/t27-,32+,33+,34+,35+,36+,37+,40+,41+/m1/s1. The smallest absolute Gasteiger partial charge is 0.305 e. The molecule has 3 rings (SSSR count). The number of nitrogens with two attached hydrogens (primary N) is 2. The Morgan fingerprint density at radius 3 is 1.76 bits per heavy atom. The molecule has 75 heavy (non-hydrogen) atoms. The number of unbranched alkanes of at least 4 members (excludes halogenated alkanes) is 1. The minimum absolute atomic E-state index is 0.0000936. The summed E-state index contributed by atoms with van der Waals surface area (Å²) >= 11 is 0. The zero-order chi connectivity index (χ0) is 55.9. The van der Waals surface area contributed by atoms with Crippen LogP contribution >= 0.6 is 0 Å². The van der Waals surface area contributed by atoms with Gasteiger partial charge in [0, 0.05) is 26.3 Å². The molecule has 0 aromatic heterocycles. The third-order valence-corrected chi connectivity index (χ3v) is 12.0. The van der Waals surface area contributed by atoms with Crippen molar-refractivity contribution in [3.8, 4) is 5.75 Å². The van der Waals surface area contributed by atoms with Crippen molar-refractivity contribution < 1.29 is 73.2 Å². The van der Waals surface area contributed by atoms with Crippen LogP contribution in [0.2, 0.25) is 0 Å². The van der Waals surface area contributed by atoms with Crippen molar-refractivity contribution in [3.05, 3.63) is 65.7 Å². The maximum absolute atomic E-state index is 14.2. The Balaban J connectivity index is 1.80. The first-order valence-corrected chi connectivity index (χ1v) is 24.4. The fourth-order valence-electron chi connectivity index (χ4n) is 8.02. The molecule has 412 valence electrons. The second-order valence-corrected chi connectivity index (χ2v) is 18.5. The van der Waals surface area contributed by atoms with Crippen LogP contribution in [0.3, 0.4) is 0 Å². The number of rotatable bonds is 30. The van der Waals surface area contributed by atoms with E-state index >= 15 is 0 Å². The molecule has 0 spiro atoms. The average Bonchev–Trinajstić information content (AvgIpc) is 3.85. The van der Waals surface area contributed by atoms with Crippen molar-refractivity contribution in [2.75, 3.05) is 26.2 Å². The number of primary amides is 1. The average molecular weight is 1050 g/mol. The van der Waals surface area contributed by atoms with Gasteiger partial charge in [-0.2, -0.15) is 0 Å². The molecular weight excluding hydrogens is 983 g/mol. The molecule has 1 heterocycles. The quantitative estimate of drug-likeness (QED) is 0.0330. The van der Waals surface area contributed by atoms with Gasteiger partial charge in [-0.05, 0) is 74.8 Å². The van der Waals surface area contributed by atoms with Crippen molar-refractivity contribution in [2.24, 2.45) is 17.4 Å². The van der Waals surface area contributed by atoms with Gasteiger partial charge in [0.2, 0.25) is 59.1 Å². The van der Waals surface area contributed by atoms with E-state index in [9.17, 15) is 73.2 Å². The summed E-state index contributed by atoms with van der Waals surface area (Å²) in [7, 11) is 0. The Morgan fingerprint density at radius 1 is 0.667 bits per heavy atom. The summed E-state index contributed by atoms with van der Waals surface area (Å²) in [4.78, 5) is 146. The molecule has 1 saturated heterocycles. The van der Waals surface area contributed by atoms with Crippen LogP contribution in [0.5, 0.6) is 5.75 Å². The lowest BCUT2D eigenvalue weighted by Crippen LogP contribution is -2.62. The number of carboxylic acid groups (broad SMARTS) is 1. The Kier molecular flexibility index (Phi) is 25.0. The number of hydrogen-bond acceptors (Lipinski definition) is 15. The number of amides is 10. The molecule has 0 aliphatic carbocycles. The molecule has 2 aromatic carbocycles. The number of carboxylic acids is 1. The van der Waals surface area contributed by atoms with E-state index in [-0.39, 0.29) is 50.9 Å². The molecule has 0 saturated carbocycles. The van der Waals surface area contributed by atoms with Gasteiger partial charge < -0.3 is 79.3 Å². The number of nitrogens with zero attached hydrogens (tertiary/aromatic N) is 1. The molecule has 26 heteroatoms. The van der Waals surface area contributed by atoms with Gasteiger partial charge in [0.15, 0.2) is 0 Å². The number of likely N-dealkylation sites (tertiary alicyclic amines) is 1. The third-order valence-electron chi connectivity index (χ3n) is 12.0. The number of aliphatic carboxylic acids is 1. The summed E-state index contributed by atoms with van der Waals surface area (Å²) in [5.74, 6) is -11.2. The number of carbonyl (C=O) groups excluding carboxylic acids is 10. The summed E-state index contributed by atoms with van der Waals surface area (Å²) in [6.07, 6.45) is -1.53. The van der Waals surface area contributed by atoms with Gasteiger partial charge in [0.25, 0.3) is 0 Å². The van der Waals surface area contributed by atoms with Crippen molar-refractivity contribution in [1.82, 2.24) is 47.4 Å². The minimum atomic E-state index is -1.80. The molecule has 9 atom stereocenters. The number of aromatic hydroxyl groups is 1. The van der Waals surface area contributed by atoms with Gasteiger partial charge in [0.1, 0.15) is 54.1 Å². The van der Waals surface area contributed by atoms with Crippen LogP contribution in [0, 0.1) is 5.92 Å². The van der Waals surface area contributed by atoms with E-state index in [1.54, 1.807) is 42.5 Å². The summed E-state index contributed by atoms with van der Waals surface area (Å²) in [5.41, 5.74) is 11.9. The van der Waals surface area contributed by atoms with Crippen molar-refractivity contribution >= 4 is 65.0 Å².